The molecule has 0 unspecified atom stereocenters. The van der Waals surface area contributed by atoms with E-state index in [9.17, 15) is 4.79 Å². The van der Waals surface area contributed by atoms with E-state index in [0.717, 1.165) is 67.5 Å². The van der Waals surface area contributed by atoms with Crippen LogP contribution in [0.2, 0.25) is 0 Å². The summed E-state index contributed by atoms with van der Waals surface area (Å²) in [5, 5.41) is 5.79. The Morgan fingerprint density at radius 1 is 1.18 bits per heavy atom. The van der Waals surface area contributed by atoms with Crippen LogP contribution in [-0.4, -0.2) is 63.8 Å². The highest BCUT2D eigenvalue weighted by Crippen LogP contribution is 2.43. The maximum Gasteiger partial charge on any atom is 0.254 e. The van der Waals surface area contributed by atoms with Crippen LogP contribution in [0.1, 0.15) is 47.5 Å². The van der Waals surface area contributed by atoms with Crippen molar-refractivity contribution in [2.45, 2.75) is 50.2 Å². The van der Waals surface area contributed by atoms with Crippen LogP contribution in [0.25, 0.3) is 32.8 Å². The van der Waals surface area contributed by atoms with Crippen LogP contribution in [0.4, 0.5) is 0 Å². The number of rotatable bonds is 6. The third kappa shape index (κ3) is 3.28. The van der Waals surface area contributed by atoms with Gasteiger partial charge in [0.25, 0.3) is 5.91 Å². The topological polar surface area (TPSA) is 90.3 Å². The van der Waals surface area contributed by atoms with Gasteiger partial charge in [0.15, 0.2) is 5.82 Å². The number of nitrogens with two attached hydrogens (primary N) is 1. The molecule has 2 saturated heterocycles. The molecular formula is C29H34N6O2S. The summed E-state index contributed by atoms with van der Waals surface area (Å²) >= 11 is 1.84. The molecule has 3 aromatic heterocycles. The molecule has 4 aliphatic rings. The van der Waals surface area contributed by atoms with Gasteiger partial charge in [0.05, 0.1) is 28.5 Å². The molecule has 38 heavy (non-hydrogen) atoms. The Morgan fingerprint density at radius 3 is 2.68 bits per heavy atom. The Morgan fingerprint density at radius 2 is 2.03 bits per heavy atom. The van der Waals surface area contributed by atoms with Gasteiger partial charge >= 0.3 is 0 Å². The molecule has 5 heterocycles. The van der Waals surface area contributed by atoms with Crippen molar-refractivity contribution in [1.82, 2.24) is 24.3 Å². The lowest BCUT2D eigenvalue weighted by Gasteiger charge is -2.27. The smallest absolute Gasteiger partial charge is 0.254 e. The molecule has 9 heteroatoms. The molecule has 2 aliphatic carbocycles. The Hall–Kier alpha value is -2.88. The lowest BCUT2D eigenvalue weighted by molar-refractivity contribution is 0.0700. The number of amides is 1. The van der Waals surface area contributed by atoms with Gasteiger partial charge in [-0.1, -0.05) is 0 Å². The van der Waals surface area contributed by atoms with Crippen molar-refractivity contribution in [3.63, 3.8) is 0 Å². The second kappa shape index (κ2) is 8.31. The van der Waals surface area contributed by atoms with Crippen LogP contribution in [0.5, 0.6) is 5.75 Å². The maximum atomic E-state index is 13.6. The second-order valence-corrected chi connectivity index (χ2v) is 12.7. The molecule has 4 aromatic rings. The number of likely N-dealkylation sites (tertiary alicyclic amines) is 1. The minimum Gasteiger partial charge on any atom is -0.494 e. The first-order valence-electron chi connectivity index (χ1n) is 13.9. The van der Waals surface area contributed by atoms with Crippen molar-refractivity contribution < 1.29 is 9.53 Å². The minimum atomic E-state index is 0.0384. The van der Waals surface area contributed by atoms with Crippen LogP contribution in [0.3, 0.4) is 0 Å². The quantitative estimate of drug-likeness (QED) is 0.394. The number of aryl methyl sites for hydroxylation is 1. The summed E-state index contributed by atoms with van der Waals surface area (Å²) in [5.41, 5.74) is 12.8. The van der Waals surface area contributed by atoms with Gasteiger partial charge in [-0.05, 0) is 66.7 Å². The van der Waals surface area contributed by atoms with Gasteiger partial charge in [-0.25, -0.2) is 4.98 Å². The van der Waals surface area contributed by atoms with Gasteiger partial charge in [-0.3, -0.25) is 4.79 Å². The molecule has 3 N–H and O–H groups in total. The summed E-state index contributed by atoms with van der Waals surface area (Å²) in [7, 11) is 3.74. The number of piperidine rings is 1. The minimum absolute atomic E-state index is 0.0384. The van der Waals surface area contributed by atoms with E-state index in [0.29, 0.717) is 23.1 Å². The summed E-state index contributed by atoms with van der Waals surface area (Å²) < 4.78 is 11.8. The van der Waals surface area contributed by atoms with E-state index in [1.807, 2.05) is 28.4 Å². The average molecular weight is 531 g/mol. The normalized spacial score (nSPS) is 25.1. The number of hydrogen-bond donors (Lipinski definition) is 2. The van der Waals surface area contributed by atoms with Crippen LogP contribution in [-0.2, 0) is 13.6 Å². The molecule has 3 atom stereocenters. The summed E-state index contributed by atoms with van der Waals surface area (Å²) in [6, 6.07) is 6.40. The molecule has 1 amide bonds. The summed E-state index contributed by atoms with van der Waals surface area (Å²) in [4.78, 5) is 20.8. The number of nitrogens with zero attached hydrogens (tertiary/aromatic N) is 4. The lowest BCUT2D eigenvalue weighted by atomic mass is 9.95. The Bertz CT molecular complexity index is 1590. The number of carbonyl (C=O) groups is 1. The van der Waals surface area contributed by atoms with E-state index in [-0.39, 0.29) is 18.0 Å². The fourth-order valence-corrected chi connectivity index (χ4v) is 8.17. The standard InChI is InChI=1S/C29H34N6O2S/c1-33-27-20(7-17(8-23(27)37-2)29(36)35-13-16-5-6-21(35)25(16)30)32-28(33)22-9-24-26(34(22)12-15-3-4-15)19(14-38-24)18-10-31-11-18/h7-9,14-16,18,21,25,31H,3-6,10-13,30H2,1-2H3/t16-,21-,25-/m1/s1. The molecule has 2 aliphatic heterocycles. The van der Waals surface area contributed by atoms with Crippen molar-refractivity contribution in [3.05, 3.63) is 34.7 Å². The third-order valence-electron chi connectivity index (χ3n) is 9.55. The van der Waals surface area contributed by atoms with Gasteiger partial charge in [0.1, 0.15) is 11.3 Å². The summed E-state index contributed by atoms with van der Waals surface area (Å²) in [6.45, 7) is 3.90. The number of methoxy groups -OCH3 is 1. The van der Waals surface area contributed by atoms with E-state index >= 15 is 0 Å². The highest BCUT2D eigenvalue weighted by molar-refractivity contribution is 7.17. The molecule has 198 valence electrons. The van der Waals surface area contributed by atoms with E-state index in [4.69, 9.17) is 15.5 Å². The predicted molar refractivity (Wildman–Crippen MR) is 150 cm³/mol. The number of hydrogen-bond acceptors (Lipinski definition) is 6. The molecule has 8 rings (SSSR count). The monoisotopic (exact) mass is 530 g/mol. The summed E-state index contributed by atoms with van der Waals surface area (Å²) in [5.74, 6) is 3.40. The van der Waals surface area contributed by atoms with Crippen molar-refractivity contribution >= 4 is 38.5 Å². The van der Waals surface area contributed by atoms with Crippen LogP contribution < -0.4 is 15.8 Å². The number of nitrogens with one attached hydrogen (secondary N) is 1. The van der Waals surface area contributed by atoms with Crippen molar-refractivity contribution in [2.24, 2.45) is 24.6 Å². The number of benzene rings is 1. The largest absolute Gasteiger partial charge is 0.494 e. The van der Waals surface area contributed by atoms with Crippen LogP contribution in [0.15, 0.2) is 23.6 Å². The Balaban J connectivity index is 1.24. The van der Waals surface area contributed by atoms with E-state index in [1.54, 1.807) is 7.11 Å². The predicted octanol–water partition coefficient (Wildman–Crippen LogP) is 3.92. The fraction of sp³-hybridized carbons (Fsp3) is 0.517. The first-order valence-corrected chi connectivity index (χ1v) is 14.8. The van der Waals surface area contributed by atoms with Crippen molar-refractivity contribution in [2.75, 3.05) is 26.7 Å². The molecule has 4 fully saturated rings. The summed E-state index contributed by atoms with van der Waals surface area (Å²) in [6.07, 6.45) is 4.72. The molecule has 8 nitrogen and oxygen atoms in total. The average Bonchev–Trinajstić information content (AvgIpc) is 3.13. The van der Waals surface area contributed by atoms with E-state index in [1.165, 1.54) is 28.6 Å². The zero-order valence-electron chi connectivity index (χ0n) is 21.9. The molecule has 1 aromatic carbocycles. The fourth-order valence-electron chi connectivity index (χ4n) is 7.09. The molecular weight excluding hydrogens is 496 g/mol. The molecule has 0 radical (unpaired) electrons. The van der Waals surface area contributed by atoms with Gasteiger partial charge in [-0.15, -0.1) is 11.3 Å². The zero-order chi connectivity index (χ0) is 25.7. The molecule has 0 spiro atoms. The number of fused-ring (bicyclic) bond motifs is 4. The Labute approximate surface area is 225 Å². The Kier molecular flexibility index (Phi) is 5.04. The first kappa shape index (κ1) is 23.0. The first-order chi connectivity index (χ1) is 18.5. The number of imidazole rings is 1. The van der Waals surface area contributed by atoms with Crippen molar-refractivity contribution in [1.29, 1.82) is 0 Å². The van der Waals surface area contributed by atoms with E-state index in [2.05, 4.69) is 32.9 Å². The number of aromatic nitrogens is 3. The van der Waals surface area contributed by atoms with E-state index < -0.39 is 0 Å². The third-order valence-corrected chi connectivity index (χ3v) is 10.5. The van der Waals surface area contributed by atoms with Crippen LogP contribution in [0, 0.1) is 11.8 Å². The highest BCUT2D eigenvalue weighted by Gasteiger charge is 2.47. The SMILES string of the molecule is COc1cc(C(=O)N2C[C@H]3CC[C@@H]2[C@@H]3N)cc2nc(-c3cc4scc(C5CNC5)c4n3CC3CC3)n(C)c12. The zero-order valence-corrected chi connectivity index (χ0v) is 22.8. The maximum absolute atomic E-state index is 13.6. The van der Waals surface area contributed by atoms with Crippen LogP contribution >= 0.6 is 11.3 Å². The van der Waals surface area contributed by atoms with Gasteiger partial charge in [0, 0.05) is 56.8 Å². The van der Waals surface area contributed by atoms with Gasteiger partial charge in [0.2, 0.25) is 0 Å². The van der Waals surface area contributed by atoms with Gasteiger partial charge in [-0.2, -0.15) is 0 Å². The second-order valence-electron chi connectivity index (χ2n) is 11.8. The highest BCUT2D eigenvalue weighted by atomic mass is 32.1. The molecule has 2 saturated carbocycles. The van der Waals surface area contributed by atoms with Crippen molar-refractivity contribution in [3.8, 4) is 17.3 Å². The van der Waals surface area contributed by atoms with Gasteiger partial charge < -0.3 is 29.8 Å². The molecule has 2 bridgehead atoms. The number of ether oxygens (including phenoxy) is 1. The number of thiophene rings is 1. The lowest BCUT2D eigenvalue weighted by Crippen LogP contribution is -2.41. The number of carbonyl (C=O) groups excluding carboxylic acids is 1.